The number of aryl methyl sites for hydroxylation is 2. The molecule has 54 heavy (non-hydrogen) atoms. The Morgan fingerprint density at radius 1 is 0.537 bits per heavy atom. The summed E-state index contributed by atoms with van der Waals surface area (Å²) in [6.45, 7) is 8.61. The summed E-state index contributed by atoms with van der Waals surface area (Å²) >= 11 is -0.826. The van der Waals surface area contributed by atoms with Crippen molar-refractivity contribution in [2.45, 2.75) is 117 Å². The molecule has 0 aromatic heterocycles. The van der Waals surface area contributed by atoms with Gasteiger partial charge in [-0.15, -0.1) is 69.1 Å². The van der Waals surface area contributed by atoms with Crippen molar-refractivity contribution in [3.05, 3.63) is 131 Å². The predicted molar refractivity (Wildman–Crippen MR) is 238 cm³/mol. The molecule has 6 aromatic carbocycles. The maximum atomic E-state index is 4.93. The van der Waals surface area contributed by atoms with Gasteiger partial charge in [-0.25, -0.2) is 0 Å². The number of rotatable bonds is 6. The molecule has 0 amide bonds. The van der Waals surface area contributed by atoms with Crippen LogP contribution in [0, 0.1) is 25.7 Å². The number of hydrogen-bond acceptors (Lipinski definition) is 0. The van der Waals surface area contributed by atoms with Crippen molar-refractivity contribution in [3.8, 4) is 22.3 Å². The van der Waals surface area contributed by atoms with Crippen LogP contribution in [0.2, 0.25) is 13.1 Å². The molecule has 0 aliphatic heterocycles. The Labute approximate surface area is 348 Å². The Balaban J connectivity index is 0.000000182. The van der Waals surface area contributed by atoms with Crippen molar-refractivity contribution in [2.24, 2.45) is 11.8 Å². The number of hydrogen-bond donors (Lipinski definition) is 0. The van der Waals surface area contributed by atoms with E-state index in [1.54, 1.807) is 0 Å². The molecule has 2 saturated carbocycles. The van der Waals surface area contributed by atoms with Crippen LogP contribution in [0.5, 0.6) is 0 Å². The molecule has 0 nitrogen and oxygen atoms in total. The summed E-state index contributed by atoms with van der Waals surface area (Å²) in [6, 6.07) is 41.1. The fourth-order valence-electron chi connectivity index (χ4n) is 8.60. The molecule has 0 heterocycles. The number of halogens is 2. The average molecular weight is 851 g/mol. The fourth-order valence-corrected chi connectivity index (χ4v) is 8.60. The first kappa shape index (κ1) is 42.9. The van der Waals surface area contributed by atoms with Gasteiger partial charge in [-0.3, -0.25) is 0 Å². The van der Waals surface area contributed by atoms with Crippen LogP contribution in [0.25, 0.3) is 43.8 Å². The van der Waals surface area contributed by atoms with Gasteiger partial charge in [-0.1, -0.05) is 173 Å². The van der Waals surface area contributed by atoms with Crippen molar-refractivity contribution in [2.75, 3.05) is 0 Å². The van der Waals surface area contributed by atoms with Crippen LogP contribution in [0.15, 0.2) is 109 Å². The van der Waals surface area contributed by atoms with Gasteiger partial charge in [0.25, 0.3) is 0 Å². The zero-order chi connectivity index (χ0) is 38.1. The molecule has 2 radical (unpaired) electrons. The zero-order valence-corrected chi connectivity index (χ0v) is 38.2. The van der Waals surface area contributed by atoms with Crippen molar-refractivity contribution in [1.82, 2.24) is 0 Å². The first-order valence-electron chi connectivity index (χ1n) is 20.5. The summed E-state index contributed by atoms with van der Waals surface area (Å²) in [6.07, 6.45) is 19.7. The van der Waals surface area contributed by atoms with Crippen molar-refractivity contribution < 1.29 is 20.8 Å². The minimum absolute atomic E-state index is 0.826. The van der Waals surface area contributed by atoms with E-state index in [4.69, 9.17) is 17.0 Å². The van der Waals surface area contributed by atoms with Crippen molar-refractivity contribution in [1.29, 1.82) is 0 Å². The van der Waals surface area contributed by atoms with Gasteiger partial charge < -0.3 is 0 Å². The molecule has 8 rings (SSSR count). The van der Waals surface area contributed by atoms with E-state index in [0.29, 0.717) is 0 Å². The van der Waals surface area contributed by atoms with Crippen LogP contribution in [0.4, 0.5) is 0 Å². The van der Waals surface area contributed by atoms with Crippen LogP contribution < -0.4 is 0 Å². The Morgan fingerprint density at radius 3 is 1.20 bits per heavy atom. The molecule has 6 aromatic rings. The molecule has 2 aliphatic rings. The molecule has 4 heteroatoms. The molecule has 0 spiro atoms. The fraction of sp³-hybridized carbons (Fsp3) is 0.400. The molecular weight excluding hydrogens is 791 g/mol. The molecule has 0 atom stereocenters. The van der Waals surface area contributed by atoms with Gasteiger partial charge in [0.05, 0.1) is 0 Å². The third-order valence-corrected chi connectivity index (χ3v) is 11.3. The summed E-state index contributed by atoms with van der Waals surface area (Å²) in [5, 5.41) is 5.64. The SMILES string of the molecule is C[Si]C.Cc1ccc(-c2cccc3[cH-]c(CC4CCCCCC4)cc23)cc1.Cc1ccc(-c2cccc3[cH-]c(CC4CCCCCC4)cc23)cc1.[Cl][Zr+2][Cl]. The van der Waals surface area contributed by atoms with E-state index in [1.165, 1.54) is 156 Å². The summed E-state index contributed by atoms with van der Waals surface area (Å²) in [7, 11) is 11.0. The maximum absolute atomic E-state index is 4.93. The van der Waals surface area contributed by atoms with Crippen molar-refractivity contribution >= 4 is 48.1 Å². The quantitative estimate of drug-likeness (QED) is 0.0890. The van der Waals surface area contributed by atoms with Crippen molar-refractivity contribution in [3.63, 3.8) is 0 Å². The molecule has 282 valence electrons. The molecule has 2 aliphatic carbocycles. The van der Waals surface area contributed by atoms with E-state index >= 15 is 0 Å². The molecule has 0 N–H and O–H groups in total. The van der Waals surface area contributed by atoms with Crippen LogP contribution >= 0.6 is 17.0 Å². The molecule has 0 saturated heterocycles. The first-order chi connectivity index (χ1) is 26.4. The van der Waals surface area contributed by atoms with E-state index in [2.05, 4.69) is 136 Å². The zero-order valence-electron chi connectivity index (χ0n) is 33.2. The average Bonchev–Trinajstić information content (AvgIpc) is 3.56. The van der Waals surface area contributed by atoms with Gasteiger partial charge in [-0.2, -0.15) is 12.1 Å². The van der Waals surface area contributed by atoms with Gasteiger partial charge in [0.2, 0.25) is 0 Å². The van der Waals surface area contributed by atoms with Crippen LogP contribution in [-0.4, -0.2) is 9.52 Å². The Kier molecular flexibility index (Phi) is 18.4. The van der Waals surface area contributed by atoms with E-state index in [0.717, 1.165) is 21.4 Å². The third-order valence-electron chi connectivity index (χ3n) is 11.3. The topological polar surface area (TPSA) is 0 Å². The van der Waals surface area contributed by atoms with Crippen LogP contribution in [0.1, 0.15) is 99.3 Å². The Hall–Kier alpha value is -2.22. The molecule has 0 bridgehead atoms. The third kappa shape index (κ3) is 12.9. The van der Waals surface area contributed by atoms with Gasteiger partial charge in [0.15, 0.2) is 0 Å². The van der Waals surface area contributed by atoms with Crippen LogP contribution in [-0.2, 0) is 33.7 Å². The normalized spacial score (nSPS) is 15.1. The monoisotopic (exact) mass is 848 g/mol. The van der Waals surface area contributed by atoms with Gasteiger partial charge in [-0.05, 0) is 49.7 Å². The predicted octanol–water partition coefficient (Wildman–Crippen LogP) is 16.3. The van der Waals surface area contributed by atoms with E-state index in [-0.39, 0.29) is 0 Å². The van der Waals surface area contributed by atoms with Gasteiger partial charge >= 0.3 is 37.9 Å². The number of fused-ring (bicyclic) bond motifs is 2. The second-order valence-corrected chi connectivity index (χ2v) is 20.5. The summed E-state index contributed by atoms with van der Waals surface area (Å²) in [5.41, 5.74) is 11.1. The summed E-state index contributed by atoms with van der Waals surface area (Å²) < 4.78 is 0. The minimum atomic E-state index is -0.826. The second kappa shape index (κ2) is 23.1. The van der Waals surface area contributed by atoms with Crippen LogP contribution in [0.3, 0.4) is 0 Å². The van der Waals surface area contributed by atoms with Gasteiger partial charge in [0.1, 0.15) is 0 Å². The standard InChI is InChI=1S/2C24H27.C2H6Si.2ClH.Zr/c2*1-18-11-13-21(14-12-18)23-10-6-9-22-16-20(17-24(22)23)15-19-7-4-2-3-5-8-19;1-3-2;;;/h2*6,9-14,16-17,19H,2-5,7-8,15H2,1H3;1-2H3;2*1H;/q2*-1;;;;+4/p-2. The first-order valence-corrected chi connectivity index (χ1v) is 28.8. The van der Waals surface area contributed by atoms with Gasteiger partial charge in [0, 0.05) is 9.52 Å². The summed E-state index contributed by atoms with van der Waals surface area (Å²) in [4.78, 5) is 0. The van der Waals surface area contributed by atoms with E-state index in [1.807, 2.05) is 0 Å². The Morgan fingerprint density at radius 2 is 0.870 bits per heavy atom. The van der Waals surface area contributed by atoms with E-state index < -0.39 is 20.8 Å². The Bertz CT molecular complexity index is 1790. The molecule has 2 fully saturated rings. The number of benzene rings is 4. The van der Waals surface area contributed by atoms with E-state index in [9.17, 15) is 0 Å². The molecule has 0 unspecified atom stereocenters. The summed E-state index contributed by atoms with van der Waals surface area (Å²) in [5.74, 6) is 1.79. The second-order valence-electron chi connectivity index (χ2n) is 15.8. The molecular formula is C50H60Cl2SiZr.